The monoisotopic (exact) mass is 622 g/mol. The zero-order valence-electron chi connectivity index (χ0n) is 41.9. The lowest BCUT2D eigenvalue weighted by Gasteiger charge is -2.19. The molecule has 3 nitrogen and oxygen atoms in total. The van der Waals surface area contributed by atoms with Crippen LogP contribution in [0.5, 0.6) is 11.5 Å². The van der Waals surface area contributed by atoms with Crippen LogP contribution in [0.1, 0.15) is 24.7 Å². The van der Waals surface area contributed by atoms with E-state index in [-0.39, 0.29) is 54.7 Å². The van der Waals surface area contributed by atoms with Crippen molar-refractivity contribution in [1.82, 2.24) is 0 Å². The normalized spacial score (nSPS) is 16.9. The highest BCUT2D eigenvalue weighted by Crippen LogP contribution is 2.48. The van der Waals surface area contributed by atoms with E-state index in [1.54, 1.807) is 48.5 Å². The van der Waals surface area contributed by atoms with Gasteiger partial charge in [-0.3, -0.25) is 0 Å². The van der Waals surface area contributed by atoms with Gasteiger partial charge in [-0.15, -0.1) is 0 Å². The lowest BCUT2D eigenvalue weighted by atomic mass is 9.83. The Bertz CT molecular complexity index is 3560. The van der Waals surface area contributed by atoms with Crippen LogP contribution in [0.4, 0.5) is 0 Å². The van der Waals surface area contributed by atoms with Crippen molar-refractivity contribution in [1.29, 1.82) is 0 Å². The van der Waals surface area contributed by atoms with E-state index in [0.29, 0.717) is 0 Å². The maximum atomic E-state index is 12.0. The van der Waals surface area contributed by atoms with Crippen LogP contribution in [-0.4, -0.2) is 10.2 Å². The lowest BCUT2D eigenvalue weighted by molar-refractivity contribution is 0.475. The highest BCUT2D eigenvalue weighted by Gasteiger charge is 2.21. The van der Waals surface area contributed by atoms with Crippen molar-refractivity contribution in [3.63, 3.8) is 0 Å². The van der Waals surface area contributed by atoms with Crippen LogP contribution < -0.4 is 0 Å². The van der Waals surface area contributed by atoms with Gasteiger partial charge in [-0.05, 0) is 96.7 Å². The van der Waals surface area contributed by atoms with Crippen molar-refractivity contribution < 1.29 is 39.3 Å². The molecule has 0 fully saturated rings. The molecular weight excluding hydrogens is 576 g/mol. The van der Waals surface area contributed by atoms with Crippen LogP contribution in [0.2, 0.25) is 0 Å². The second-order valence-electron chi connectivity index (χ2n) is 10.5. The first-order valence-corrected chi connectivity index (χ1v) is 14.3. The van der Waals surface area contributed by atoms with E-state index < -0.39 is 154 Å². The summed E-state index contributed by atoms with van der Waals surface area (Å²) in [5, 5.41) is 22.6. The van der Waals surface area contributed by atoms with Crippen LogP contribution >= 0.6 is 0 Å². The fraction of sp³-hybridized carbons (Fsp3) is 0. The molecule has 0 bridgehead atoms. The van der Waals surface area contributed by atoms with Gasteiger partial charge in [-0.25, -0.2) is 0 Å². The van der Waals surface area contributed by atoms with Crippen molar-refractivity contribution in [2.24, 2.45) is 0 Å². The fourth-order valence-corrected chi connectivity index (χ4v) is 6.00. The van der Waals surface area contributed by atoms with Gasteiger partial charge in [0.05, 0.1) is 30.1 Å². The summed E-state index contributed by atoms with van der Waals surface area (Å²) in [5.41, 5.74) is -3.16. The Morgan fingerprint density at radius 1 is 0.447 bits per heavy atom. The SMILES string of the molecule is [2H]c1c([2H])c([2H])c(-c2c([2H])c([2H])c([2H])c([2H])c2-c2c3ccccc3c(-c3c([2H])c([2H])c4oc5c([2H])c([2H])c(-c6c([2H])c([2H])c(O)c([2H])c6[2H])c(O)c5c4c3[2H])c3ccccc23)c([2H])c1[2H]. The first-order chi connectivity index (χ1) is 30.7. The number of furan rings is 1. The molecule has 0 amide bonds. The van der Waals surface area contributed by atoms with E-state index in [0.717, 1.165) is 0 Å². The summed E-state index contributed by atoms with van der Waals surface area (Å²) < 4.78 is 164. The van der Waals surface area contributed by atoms with Gasteiger partial charge in [0.1, 0.15) is 22.7 Å². The molecule has 3 heteroatoms. The summed E-state index contributed by atoms with van der Waals surface area (Å²) in [6.07, 6.45) is 0. The van der Waals surface area contributed by atoms with Gasteiger partial charge in [-0.2, -0.15) is 0 Å². The summed E-state index contributed by atoms with van der Waals surface area (Å²) >= 11 is 0. The Labute approximate surface area is 296 Å². The predicted octanol–water partition coefficient (Wildman–Crippen LogP) is 12.0. The Hall–Kier alpha value is -6.32. The minimum atomic E-state index is -0.987. The number of rotatable bonds is 4. The highest BCUT2D eigenvalue weighted by molar-refractivity contribution is 6.23. The van der Waals surface area contributed by atoms with E-state index in [1.807, 2.05) is 0 Å². The summed E-state index contributed by atoms with van der Waals surface area (Å²) in [7, 11) is 0. The molecule has 0 radical (unpaired) electrons. The molecule has 9 rings (SSSR count). The molecule has 0 atom stereocenters. The Kier molecular flexibility index (Phi) is 3.26. The predicted molar refractivity (Wildman–Crippen MR) is 194 cm³/mol. The molecule has 1 aromatic heterocycles. The quantitative estimate of drug-likeness (QED) is 0.192. The highest BCUT2D eigenvalue weighted by atomic mass is 16.3. The van der Waals surface area contributed by atoms with Crippen molar-refractivity contribution >= 4 is 43.5 Å². The average Bonchev–Trinajstić information content (AvgIpc) is 3.71. The molecule has 0 unspecified atom stereocenters. The molecule has 9 aromatic rings. The summed E-state index contributed by atoms with van der Waals surface area (Å²) in [5.74, 6) is -1.88. The third-order valence-electron chi connectivity index (χ3n) is 7.96. The molecule has 0 aliphatic rings. The number of fused-ring (bicyclic) bond motifs is 5. The molecule has 0 aliphatic carbocycles. The number of phenolic OH excluding ortho intramolecular Hbond substituents is 2. The van der Waals surface area contributed by atoms with E-state index >= 15 is 0 Å². The van der Waals surface area contributed by atoms with Crippen LogP contribution in [0, 0.1) is 0 Å². The average molecular weight is 623 g/mol. The van der Waals surface area contributed by atoms with Gasteiger partial charge >= 0.3 is 0 Å². The smallest absolute Gasteiger partial charge is 0.139 e. The third-order valence-corrected chi connectivity index (χ3v) is 7.96. The van der Waals surface area contributed by atoms with Crippen LogP contribution in [-0.2, 0) is 0 Å². The molecule has 0 aliphatic heterocycles. The van der Waals surface area contributed by atoms with Gasteiger partial charge in [0.2, 0.25) is 0 Å². The van der Waals surface area contributed by atoms with Crippen LogP contribution in [0.15, 0.2) is 162 Å². The number of phenols is 2. The summed E-state index contributed by atoms with van der Waals surface area (Å²) in [6.45, 7) is 0. The molecule has 0 saturated carbocycles. The van der Waals surface area contributed by atoms with Gasteiger partial charge in [0.25, 0.3) is 0 Å². The fourth-order valence-electron chi connectivity index (χ4n) is 6.00. The molecule has 1 heterocycles. The topological polar surface area (TPSA) is 53.6 Å². The maximum absolute atomic E-state index is 12.0. The van der Waals surface area contributed by atoms with E-state index in [1.165, 1.54) is 0 Å². The number of hydrogen-bond donors (Lipinski definition) is 2. The number of benzene rings is 8. The van der Waals surface area contributed by atoms with Crippen molar-refractivity contribution in [2.75, 3.05) is 0 Å². The number of aromatic hydroxyl groups is 2. The van der Waals surface area contributed by atoms with Crippen molar-refractivity contribution in [2.45, 2.75) is 0 Å². The van der Waals surface area contributed by atoms with Gasteiger partial charge < -0.3 is 14.6 Å². The second kappa shape index (κ2) is 10.6. The Balaban J connectivity index is 1.46. The minimum Gasteiger partial charge on any atom is -0.508 e. The standard InChI is InChI=1S/C44H28O3/c45-30-21-18-28(19-22-30)32-23-25-40-43(44(32)46)38-26-29(20-24-39(38)47-40)41-34-14-6-8-16-36(34)42(37-17-9-7-15-35(37)41)33-13-5-4-12-31(33)27-10-2-1-3-11-27/h1-26,45-46H/i1D,2D,3D,4D,5D,10D,11D,12D,13D,18D,19D,20D,21D,22D,23D,24D,25D,26D. The summed E-state index contributed by atoms with van der Waals surface area (Å²) in [4.78, 5) is 0. The van der Waals surface area contributed by atoms with Gasteiger partial charge in [0.15, 0.2) is 0 Å². The Morgan fingerprint density at radius 2 is 1.00 bits per heavy atom. The van der Waals surface area contributed by atoms with E-state index in [9.17, 15) is 15.7 Å². The molecule has 47 heavy (non-hydrogen) atoms. The molecule has 0 spiro atoms. The second-order valence-corrected chi connectivity index (χ2v) is 10.5. The Morgan fingerprint density at radius 3 is 1.68 bits per heavy atom. The molecule has 2 N–H and O–H groups in total. The first kappa shape index (κ1) is 14.4. The van der Waals surface area contributed by atoms with Crippen LogP contribution in [0.3, 0.4) is 0 Å². The summed E-state index contributed by atoms with van der Waals surface area (Å²) in [6, 6.07) is -0.0201. The molecular formula is C44H28O3. The first-order valence-electron chi connectivity index (χ1n) is 23.3. The van der Waals surface area contributed by atoms with Crippen LogP contribution in [0.25, 0.3) is 88.0 Å². The minimum absolute atomic E-state index is 0.144. The van der Waals surface area contributed by atoms with E-state index in [2.05, 4.69) is 0 Å². The third kappa shape index (κ3) is 4.28. The zero-order chi connectivity index (χ0) is 47.1. The zero-order valence-corrected chi connectivity index (χ0v) is 23.9. The van der Waals surface area contributed by atoms with Crippen molar-refractivity contribution in [3.05, 3.63) is 157 Å². The maximum Gasteiger partial charge on any atom is 0.139 e. The largest absolute Gasteiger partial charge is 0.508 e. The lowest BCUT2D eigenvalue weighted by Crippen LogP contribution is -1.92. The van der Waals surface area contributed by atoms with Gasteiger partial charge in [-0.1, -0.05) is 121 Å². The van der Waals surface area contributed by atoms with E-state index in [4.69, 9.17) is 23.6 Å². The molecule has 222 valence electrons. The van der Waals surface area contributed by atoms with Gasteiger partial charge in [0, 0.05) is 10.9 Å². The molecule has 0 saturated heterocycles. The number of hydrogen-bond acceptors (Lipinski definition) is 3. The molecule has 8 aromatic carbocycles. The van der Waals surface area contributed by atoms with Crippen molar-refractivity contribution in [3.8, 4) is 56.0 Å².